The first kappa shape index (κ1) is 16.0. The molecule has 2 aromatic rings. The standard InChI is InChI=1S/C12H9ClF2N2O2S2/c13-11-10(2-1-7-16-11)21(18,19)17-8-3-5-9(6-4-8)20-12(14)15/h1-7,12,17H. The van der Waals surface area contributed by atoms with Crippen molar-refractivity contribution in [3.63, 3.8) is 0 Å². The van der Waals surface area contributed by atoms with Crippen molar-refractivity contribution in [3.05, 3.63) is 47.7 Å². The Kier molecular flexibility index (Phi) is 5.02. The summed E-state index contributed by atoms with van der Waals surface area (Å²) in [7, 11) is -3.88. The normalized spacial score (nSPS) is 11.6. The summed E-state index contributed by atoms with van der Waals surface area (Å²) in [5, 5.41) is -0.144. The highest BCUT2D eigenvalue weighted by Crippen LogP contribution is 2.27. The Bertz CT molecular complexity index is 724. The maximum absolute atomic E-state index is 12.2. The van der Waals surface area contributed by atoms with E-state index in [0.717, 1.165) is 0 Å². The number of thioether (sulfide) groups is 1. The van der Waals surface area contributed by atoms with Crippen molar-refractivity contribution < 1.29 is 17.2 Å². The second kappa shape index (κ2) is 6.59. The van der Waals surface area contributed by atoms with Gasteiger partial charge in [0.25, 0.3) is 15.8 Å². The zero-order valence-electron chi connectivity index (χ0n) is 10.3. The Labute approximate surface area is 129 Å². The number of hydrogen-bond donors (Lipinski definition) is 1. The van der Waals surface area contributed by atoms with Crippen LogP contribution in [-0.4, -0.2) is 19.2 Å². The summed E-state index contributed by atoms with van der Waals surface area (Å²) >= 11 is 6.12. The summed E-state index contributed by atoms with van der Waals surface area (Å²) in [6, 6.07) is 8.36. The smallest absolute Gasteiger partial charge is 0.280 e. The molecule has 0 amide bonds. The maximum Gasteiger partial charge on any atom is 0.288 e. The predicted molar refractivity (Wildman–Crippen MR) is 78.4 cm³/mol. The van der Waals surface area contributed by atoms with Crippen LogP contribution in [0.4, 0.5) is 14.5 Å². The fourth-order valence-electron chi connectivity index (χ4n) is 1.49. The molecule has 1 aromatic heterocycles. The Balaban J connectivity index is 2.19. The Morgan fingerprint density at radius 3 is 2.43 bits per heavy atom. The third-order valence-electron chi connectivity index (χ3n) is 2.35. The molecule has 0 spiro atoms. The number of sulfonamides is 1. The van der Waals surface area contributed by atoms with Gasteiger partial charge in [-0.05, 0) is 36.4 Å². The van der Waals surface area contributed by atoms with E-state index in [-0.39, 0.29) is 15.7 Å². The summed E-state index contributed by atoms with van der Waals surface area (Å²) < 4.78 is 50.9. The fraction of sp³-hybridized carbons (Fsp3) is 0.0833. The van der Waals surface area contributed by atoms with Crippen LogP contribution in [0.15, 0.2) is 52.4 Å². The number of anilines is 1. The van der Waals surface area contributed by atoms with Gasteiger partial charge in [-0.15, -0.1) is 0 Å². The molecule has 0 saturated carbocycles. The lowest BCUT2D eigenvalue weighted by molar-refractivity contribution is 0.252. The van der Waals surface area contributed by atoms with Crippen LogP contribution in [0.1, 0.15) is 0 Å². The topological polar surface area (TPSA) is 59.1 Å². The maximum atomic E-state index is 12.2. The number of nitrogens with one attached hydrogen (secondary N) is 1. The first-order valence-electron chi connectivity index (χ1n) is 5.57. The van der Waals surface area contributed by atoms with Crippen molar-refractivity contribution in [1.82, 2.24) is 4.98 Å². The second-order valence-corrected chi connectivity index (χ2v) is 6.87. The van der Waals surface area contributed by atoms with Crippen LogP contribution < -0.4 is 4.72 Å². The molecule has 2 rings (SSSR count). The van der Waals surface area contributed by atoms with E-state index in [2.05, 4.69) is 9.71 Å². The van der Waals surface area contributed by atoms with Crippen molar-refractivity contribution in [1.29, 1.82) is 0 Å². The number of nitrogens with zero attached hydrogens (tertiary/aromatic N) is 1. The summed E-state index contributed by atoms with van der Waals surface area (Å²) in [6.07, 6.45) is 1.37. The number of halogens is 3. The van der Waals surface area contributed by atoms with Crippen molar-refractivity contribution in [2.75, 3.05) is 4.72 Å². The highest BCUT2D eigenvalue weighted by molar-refractivity contribution is 7.99. The van der Waals surface area contributed by atoms with Gasteiger partial charge in [0, 0.05) is 16.8 Å². The number of hydrogen-bond acceptors (Lipinski definition) is 4. The lowest BCUT2D eigenvalue weighted by Crippen LogP contribution is -2.13. The number of alkyl halides is 2. The molecule has 9 heteroatoms. The molecule has 0 aliphatic heterocycles. The van der Waals surface area contributed by atoms with Gasteiger partial charge in [-0.3, -0.25) is 4.72 Å². The first-order chi connectivity index (χ1) is 9.88. The molecule has 0 unspecified atom stereocenters. The van der Waals surface area contributed by atoms with Gasteiger partial charge in [0.05, 0.1) is 0 Å². The molecule has 112 valence electrons. The van der Waals surface area contributed by atoms with E-state index < -0.39 is 15.8 Å². The van der Waals surface area contributed by atoms with Gasteiger partial charge in [0.1, 0.15) is 10.0 Å². The quantitative estimate of drug-likeness (QED) is 0.657. The minimum atomic E-state index is -3.88. The van der Waals surface area contributed by atoms with Crippen molar-refractivity contribution in [3.8, 4) is 0 Å². The molecule has 21 heavy (non-hydrogen) atoms. The van der Waals surface area contributed by atoms with Crippen LogP contribution in [0.2, 0.25) is 5.15 Å². The fourth-order valence-corrected chi connectivity index (χ4v) is 3.50. The highest BCUT2D eigenvalue weighted by atomic mass is 35.5. The van der Waals surface area contributed by atoms with Gasteiger partial charge in [-0.2, -0.15) is 8.78 Å². The summed E-state index contributed by atoms with van der Waals surface area (Å²) in [6.45, 7) is 0. The average molecular weight is 351 g/mol. The number of benzene rings is 1. The van der Waals surface area contributed by atoms with Crippen LogP contribution in [0, 0.1) is 0 Å². The average Bonchev–Trinajstić information content (AvgIpc) is 2.40. The van der Waals surface area contributed by atoms with E-state index in [1.807, 2.05) is 0 Å². The van der Waals surface area contributed by atoms with Crippen molar-refractivity contribution >= 4 is 39.1 Å². The van der Waals surface area contributed by atoms with Gasteiger partial charge in [0.2, 0.25) is 0 Å². The molecule has 0 saturated heterocycles. The first-order valence-corrected chi connectivity index (χ1v) is 8.31. The lowest BCUT2D eigenvalue weighted by Gasteiger charge is -2.09. The molecule has 1 heterocycles. The number of pyridine rings is 1. The molecule has 0 fully saturated rings. The van der Waals surface area contributed by atoms with Crippen LogP contribution in [0.3, 0.4) is 0 Å². The van der Waals surface area contributed by atoms with E-state index in [4.69, 9.17) is 11.6 Å². The summed E-state index contributed by atoms with van der Waals surface area (Å²) in [4.78, 5) is 3.88. The minimum Gasteiger partial charge on any atom is -0.280 e. The molecular formula is C12H9ClF2N2O2S2. The van der Waals surface area contributed by atoms with Gasteiger partial charge < -0.3 is 0 Å². The summed E-state index contributed by atoms with van der Waals surface area (Å²) in [5.74, 6) is -2.53. The summed E-state index contributed by atoms with van der Waals surface area (Å²) in [5.41, 5.74) is 0.244. The number of aromatic nitrogens is 1. The van der Waals surface area contributed by atoms with Gasteiger partial charge in [-0.1, -0.05) is 23.4 Å². The third-order valence-corrected chi connectivity index (χ3v) is 4.89. The zero-order valence-corrected chi connectivity index (χ0v) is 12.7. The molecule has 0 atom stereocenters. The molecule has 0 radical (unpaired) electrons. The van der Waals surface area contributed by atoms with Gasteiger partial charge in [-0.25, -0.2) is 13.4 Å². The molecule has 0 bridgehead atoms. The highest BCUT2D eigenvalue weighted by Gasteiger charge is 2.18. The SMILES string of the molecule is O=S(=O)(Nc1ccc(SC(F)F)cc1)c1cccnc1Cl. The Morgan fingerprint density at radius 1 is 1.19 bits per heavy atom. The number of rotatable bonds is 5. The van der Waals surface area contributed by atoms with E-state index in [1.54, 1.807) is 0 Å². The van der Waals surface area contributed by atoms with Crippen LogP contribution in [0.25, 0.3) is 0 Å². The molecule has 0 aliphatic carbocycles. The van der Waals surface area contributed by atoms with Crippen molar-refractivity contribution in [2.45, 2.75) is 15.5 Å². The van der Waals surface area contributed by atoms with E-state index in [0.29, 0.717) is 16.7 Å². The molecule has 1 aromatic carbocycles. The second-order valence-electron chi connectivity index (χ2n) is 3.80. The third kappa shape index (κ3) is 4.29. The van der Waals surface area contributed by atoms with Crippen molar-refractivity contribution in [2.24, 2.45) is 0 Å². The largest absolute Gasteiger partial charge is 0.288 e. The Morgan fingerprint density at radius 2 is 1.86 bits per heavy atom. The van der Waals surface area contributed by atoms with E-state index >= 15 is 0 Å². The van der Waals surface area contributed by atoms with Crippen LogP contribution >= 0.6 is 23.4 Å². The van der Waals surface area contributed by atoms with Crippen LogP contribution in [0.5, 0.6) is 0 Å². The molecule has 0 aliphatic rings. The van der Waals surface area contributed by atoms with E-state index in [1.165, 1.54) is 42.6 Å². The van der Waals surface area contributed by atoms with Crippen LogP contribution in [-0.2, 0) is 10.0 Å². The van der Waals surface area contributed by atoms with Gasteiger partial charge >= 0.3 is 0 Å². The minimum absolute atomic E-state index is 0.144. The molecule has 4 nitrogen and oxygen atoms in total. The lowest BCUT2D eigenvalue weighted by atomic mass is 10.3. The predicted octanol–water partition coefficient (Wildman–Crippen LogP) is 3.85. The molecule has 1 N–H and O–H groups in total. The van der Waals surface area contributed by atoms with E-state index in [9.17, 15) is 17.2 Å². The molecular weight excluding hydrogens is 342 g/mol. The monoisotopic (exact) mass is 350 g/mol. The van der Waals surface area contributed by atoms with Gasteiger partial charge in [0.15, 0.2) is 0 Å². The zero-order chi connectivity index (χ0) is 15.5. The Hall–Kier alpha value is -1.38.